The van der Waals surface area contributed by atoms with Gasteiger partial charge in [-0.15, -0.1) is 0 Å². The van der Waals surface area contributed by atoms with Crippen LogP contribution in [0.15, 0.2) is 48.5 Å². The number of hydrogen-bond acceptors (Lipinski definition) is 2. The lowest BCUT2D eigenvalue weighted by atomic mass is 9.98. The van der Waals surface area contributed by atoms with Crippen LogP contribution < -0.4 is 16.4 Å². The van der Waals surface area contributed by atoms with Gasteiger partial charge < -0.3 is 16.4 Å². The molecule has 2 aromatic carbocycles. The van der Waals surface area contributed by atoms with Crippen molar-refractivity contribution in [3.8, 4) is 0 Å². The minimum absolute atomic E-state index is 0.0161. The highest BCUT2D eigenvalue weighted by Gasteiger charge is 2.19. The van der Waals surface area contributed by atoms with E-state index in [0.29, 0.717) is 5.56 Å². The van der Waals surface area contributed by atoms with E-state index in [1.807, 2.05) is 31.2 Å². The summed E-state index contributed by atoms with van der Waals surface area (Å²) in [6.45, 7) is 1.98. The summed E-state index contributed by atoms with van der Waals surface area (Å²) in [7, 11) is 0. The van der Waals surface area contributed by atoms with Gasteiger partial charge in [0.05, 0.1) is 12.5 Å². The molecule has 3 amide bonds. The van der Waals surface area contributed by atoms with Crippen molar-refractivity contribution in [3.05, 3.63) is 71.0 Å². The van der Waals surface area contributed by atoms with Crippen LogP contribution in [0.3, 0.4) is 0 Å². The lowest BCUT2D eigenvalue weighted by molar-refractivity contribution is -0.121. The topological polar surface area (TPSA) is 84.2 Å². The molecule has 0 aliphatic carbocycles. The van der Waals surface area contributed by atoms with Crippen molar-refractivity contribution < 1.29 is 14.0 Å². The Morgan fingerprint density at radius 2 is 1.79 bits per heavy atom. The molecule has 0 bridgehead atoms. The number of primary amides is 1. The van der Waals surface area contributed by atoms with Crippen LogP contribution in [0.4, 0.5) is 9.18 Å². The summed E-state index contributed by atoms with van der Waals surface area (Å²) in [5.41, 5.74) is 7.37. The number of nitrogens with one attached hydrogen (secondary N) is 2. The summed E-state index contributed by atoms with van der Waals surface area (Å²) in [6, 6.07) is 12.4. The Hall–Kier alpha value is -2.89. The molecule has 0 aliphatic heterocycles. The molecule has 0 spiro atoms. The van der Waals surface area contributed by atoms with Crippen LogP contribution in [0.5, 0.6) is 0 Å². The molecule has 0 radical (unpaired) electrons. The first-order valence-corrected chi connectivity index (χ1v) is 7.59. The summed E-state index contributed by atoms with van der Waals surface area (Å²) in [5, 5.41) is 5.24. The molecule has 6 heteroatoms. The fraction of sp³-hybridized carbons (Fsp3) is 0.222. The van der Waals surface area contributed by atoms with Crippen LogP contribution in [-0.2, 0) is 11.3 Å². The molecule has 2 aromatic rings. The zero-order chi connectivity index (χ0) is 17.5. The highest BCUT2D eigenvalue weighted by Crippen LogP contribution is 2.20. The van der Waals surface area contributed by atoms with Crippen LogP contribution in [0.1, 0.15) is 29.2 Å². The van der Waals surface area contributed by atoms with Crippen molar-refractivity contribution in [2.45, 2.75) is 25.9 Å². The van der Waals surface area contributed by atoms with Gasteiger partial charge in [-0.2, -0.15) is 0 Å². The molecule has 126 valence electrons. The highest BCUT2D eigenvalue weighted by atomic mass is 19.1. The highest BCUT2D eigenvalue weighted by molar-refractivity contribution is 5.78. The normalized spacial score (nSPS) is 11.6. The van der Waals surface area contributed by atoms with Crippen molar-refractivity contribution in [3.63, 3.8) is 0 Å². The number of nitrogens with two attached hydrogens (primary N) is 1. The van der Waals surface area contributed by atoms with Crippen molar-refractivity contribution in [2.24, 2.45) is 5.73 Å². The molecule has 5 nitrogen and oxygen atoms in total. The molecular formula is C18H20FN3O2. The molecule has 2 rings (SSSR count). The summed E-state index contributed by atoms with van der Waals surface area (Å²) < 4.78 is 13.6. The second-order valence-electron chi connectivity index (χ2n) is 5.49. The van der Waals surface area contributed by atoms with Crippen molar-refractivity contribution >= 4 is 11.9 Å². The first-order valence-electron chi connectivity index (χ1n) is 7.59. The lowest BCUT2D eigenvalue weighted by Gasteiger charge is -2.19. The number of aryl methyl sites for hydroxylation is 1. The fourth-order valence-electron chi connectivity index (χ4n) is 2.48. The lowest BCUT2D eigenvalue weighted by Crippen LogP contribution is -2.37. The molecular weight excluding hydrogens is 309 g/mol. The maximum atomic E-state index is 13.6. The maximum absolute atomic E-state index is 13.6. The average Bonchev–Trinajstić information content (AvgIpc) is 2.53. The second kappa shape index (κ2) is 8.10. The van der Waals surface area contributed by atoms with Crippen molar-refractivity contribution in [1.82, 2.24) is 10.6 Å². The molecule has 1 unspecified atom stereocenters. The average molecular weight is 329 g/mol. The Labute approximate surface area is 140 Å². The van der Waals surface area contributed by atoms with Gasteiger partial charge >= 0.3 is 6.03 Å². The molecule has 0 saturated carbocycles. The second-order valence-corrected chi connectivity index (χ2v) is 5.49. The molecule has 0 saturated heterocycles. The number of amides is 3. The number of halogens is 1. The Morgan fingerprint density at radius 3 is 2.46 bits per heavy atom. The summed E-state index contributed by atoms with van der Waals surface area (Å²) in [4.78, 5) is 23.4. The van der Waals surface area contributed by atoms with Gasteiger partial charge in [0.25, 0.3) is 0 Å². The fourth-order valence-corrected chi connectivity index (χ4v) is 2.48. The predicted octanol–water partition coefficient (Wildman–Crippen LogP) is 2.55. The molecule has 24 heavy (non-hydrogen) atoms. The van der Waals surface area contributed by atoms with E-state index in [4.69, 9.17) is 5.73 Å². The van der Waals surface area contributed by atoms with Crippen molar-refractivity contribution in [1.29, 1.82) is 0 Å². The number of rotatable bonds is 6. The predicted molar refractivity (Wildman–Crippen MR) is 89.5 cm³/mol. The van der Waals surface area contributed by atoms with E-state index in [-0.39, 0.29) is 24.7 Å². The molecule has 0 aliphatic rings. The van der Waals surface area contributed by atoms with Crippen LogP contribution in [-0.4, -0.2) is 11.9 Å². The van der Waals surface area contributed by atoms with Crippen molar-refractivity contribution in [2.75, 3.05) is 0 Å². The van der Waals surface area contributed by atoms with Gasteiger partial charge in [0, 0.05) is 12.1 Å². The standard InChI is InChI=1S/C18H20FN3O2/c1-12-6-2-4-8-14(12)16(22-18(20)24)10-17(23)21-11-13-7-3-5-9-15(13)19/h2-9,16H,10-11H2,1H3,(H,21,23)(H3,20,22,24). The monoisotopic (exact) mass is 329 g/mol. The number of carbonyl (C=O) groups is 2. The van der Waals surface area contributed by atoms with E-state index in [1.54, 1.807) is 18.2 Å². The maximum Gasteiger partial charge on any atom is 0.312 e. The van der Waals surface area contributed by atoms with Gasteiger partial charge in [-0.05, 0) is 24.1 Å². The number of benzene rings is 2. The SMILES string of the molecule is Cc1ccccc1C(CC(=O)NCc1ccccc1F)NC(N)=O. The van der Waals surface area contributed by atoms with Gasteiger partial charge in [-0.25, -0.2) is 9.18 Å². The zero-order valence-electron chi connectivity index (χ0n) is 13.4. The minimum Gasteiger partial charge on any atom is -0.352 e. The van der Waals surface area contributed by atoms with Gasteiger partial charge in [0.2, 0.25) is 5.91 Å². The summed E-state index contributed by atoms with van der Waals surface area (Å²) >= 11 is 0. The smallest absolute Gasteiger partial charge is 0.312 e. The van der Waals surface area contributed by atoms with Gasteiger partial charge in [0.1, 0.15) is 5.82 Å². The Morgan fingerprint density at radius 1 is 1.12 bits per heavy atom. The molecule has 4 N–H and O–H groups in total. The quantitative estimate of drug-likeness (QED) is 0.761. The van der Waals surface area contributed by atoms with E-state index in [1.165, 1.54) is 6.07 Å². The molecule has 1 atom stereocenters. The first kappa shape index (κ1) is 17.5. The third-order valence-electron chi connectivity index (χ3n) is 3.70. The van der Waals surface area contributed by atoms with Gasteiger partial charge in [-0.3, -0.25) is 4.79 Å². The first-order chi connectivity index (χ1) is 11.5. The van der Waals surface area contributed by atoms with E-state index < -0.39 is 12.1 Å². The molecule has 0 fully saturated rings. The minimum atomic E-state index is -0.704. The summed E-state index contributed by atoms with van der Waals surface area (Å²) in [5.74, 6) is -0.677. The molecule has 0 aromatic heterocycles. The van der Waals surface area contributed by atoms with Gasteiger partial charge in [0.15, 0.2) is 0 Å². The zero-order valence-corrected chi connectivity index (χ0v) is 13.4. The molecule has 0 heterocycles. The van der Waals surface area contributed by atoms with Crippen LogP contribution >= 0.6 is 0 Å². The Kier molecular flexibility index (Phi) is 5.89. The Balaban J connectivity index is 2.04. The third kappa shape index (κ3) is 4.81. The Bertz CT molecular complexity index is 734. The van der Waals surface area contributed by atoms with Crippen LogP contribution in [0, 0.1) is 12.7 Å². The van der Waals surface area contributed by atoms with E-state index in [0.717, 1.165) is 11.1 Å². The number of carbonyl (C=O) groups excluding carboxylic acids is 2. The van der Waals surface area contributed by atoms with E-state index >= 15 is 0 Å². The van der Waals surface area contributed by atoms with E-state index in [2.05, 4.69) is 10.6 Å². The number of urea groups is 1. The number of hydrogen-bond donors (Lipinski definition) is 3. The summed E-state index contributed by atoms with van der Waals surface area (Å²) in [6.07, 6.45) is 0.0161. The third-order valence-corrected chi connectivity index (χ3v) is 3.70. The van der Waals surface area contributed by atoms with Gasteiger partial charge in [-0.1, -0.05) is 42.5 Å². The van der Waals surface area contributed by atoms with Crippen LogP contribution in [0.25, 0.3) is 0 Å². The van der Waals surface area contributed by atoms with E-state index in [9.17, 15) is 14.0 Å². The van der Waals surface area contributed by atoms with Crippen LogP contribution in [0.2, 0.25) is 0 Å². The largest absolute Gasteiger partial charge is 0.352 e.